The van der Waals surface area contributed by atoms with Gasteiger partial charge in [0.1, 0.15) is 11.3 Å². The monoisotopic (exact) mass is 505 g/mol. The van der Waals surface area contributed by atoms with E-state index in [0.29, 0.717) is 24.7 Å². The highest BCUT2D eigenvalue weighted by molar-refractivity contribution is 6.11. The molecule has 2 aliphatic heterocycles. The molecular formula is C31H31N5O2. The number of para-hydroxylation sites is 2. The molecule has 1 unspecified atom stereocenters. The van der Waals surface area contributed by atoms with Crippen molar-refractivity contribution in [3.63, 3.8) is 0 Å². The highest BCUT2D eigenvalue weighted by Gasteiger charge is 2.25. The van der Waals surface area contributed by atoms with E-state index in [1.165, 1.54) is 11.3 Å². The van der Waals surface area contributed by atoms with Crippen LogP contribution < -0.4 is 10.2 Å². The van der Waals surface area contributed by atoms with Gasteiger partial charge < -0.3 is 9.32 Å². The van der Waals surface area contributed by atoms with Crippen molar-refractivity contribution >= 4 is 34.2 Å². The number of aryl methyl sites for hydroxylation is 1. The van der Waals surface area contributed by atoms with Gasteiger partial charge in [0, 0.05) is 43.7 Å². The normalized spacial score (nSPS) is 18.2. The fourth-order valence-corrected chi connectivity index (χ4v) is 5.07. The lowest BCUT2D eigenvalue weighted by Crippen LogP contribution is -2.50. The first-order chi connectivity index (χ1) is 18.6. The smallest absolute Gasteiger partial charge is 0.240 e. The minimum Gasteiger partial charge on any atom is -0.455 e. The van der Waals surface area contributed by atoms with Crippen molar-refractivity contribution in [2.45, 2.75) is 19.4 Å². The number of carbonyl (C=O) groups excluding carboxylic acids is 1. The number of benzene rings is 3. The molecule has 0 radical (unpaired) electrons. The average Bonchev–Trinajstić information content (AvgIpc) is 3.39. The van der Waals surface area contributed by atoms with E-state index >= 15 is 0 Å². The van der Waals surface area contributed by atoms with E-state index in [-0.39, 0.29) is 11.9 Å². The summed E-state index contributed by atoms with van der Waals surface area (Å²) in [7, 11) is 0. The molecule has 0 aliphatic carbocycles. The Bertz CT molecular complexity index is 1450. The van der Waals surface area contributed by atoms with Crippen molar-refractivity contribution in [3.05, 3.63) is 102 Å². The van der Waals surface area contributed by atoms with Crippen LogP contribution in [0.2, 0.25) is 0 Å². The minimum atomic E-state index is -0.152. The van der Waals surface area contributed by atoms with Crippen molar-refractivity contribution < 1.29 is 9.21 Å². The quantitative estimate of drug-likeness (QED) is 0.416. The number of amides is 1. The Morgan fingerprint density at radius 1 is 0.947 bits per heavy atom. The van der Waals surface area contributed by atoms with Gasteiger partial charge in [-0.15, -0.1) is 0 Å². The molecule has 1 N–H and O–H groups in total. The van der Waals surface area contributed by atoms with Crippen LogP contribution in [0.5, 0.6) is 0 Å². The van der Waals surface area contributed by atoms with Gasteiger partial charge in [0.25, 0.3) is 0 Å². The van der Waals surface area contributed by atoms with Crippen LogP contribution in [0, 0.1) is 6.92 Å². The number of rotatable bonds is 5. The van der Waals surface area contributed by atoms with Crippen LogP contribution in [0.25, 0.3) is 11.0 Å². The molecule has 1 saturated heterocycles. The fourth-order valence-electron chi connectivity index (χ4n) is 5.07. The van der Waals surface area contributed by atoms with Crippen molar-refractivity contribution in [2.75, 3.05) is 37.6 Å². The number of furan rings is 1. The van der Waals surface area contributed by atoms with Gasteiger partial charge in [0.2, 0.25) is 11.9 Å². The number of guanidine groups is 1. The molecule has 3 heterocycles. The number of nitrogens with zero attached hydrogens (tertiary/aromatic N) is 4. The van der Waals surface area contributed by atoms with E-state index in [1.54, 1.807) is 0 Å². The molecule has 1 atom stereocenters. The van der Waals surface area contributed by atoms with Crippen LogP contribution >= 0.6 is 0 Å². The predicted octanol–water partition coefficient (Wildman–Crippen LogP) is 4.97. The lowest BCUT2D eigenvalue weighted by Gasteiger charge is -2.35. The van der Waals surface area contributed by atoms with Crippen molar-refractivity contribution in [3.8, 4) is 0 Å². The summed E-state index contributed by atoms with van der Waals surface area (Å²) in [5, 5.41) is 4.01. The van der Waals surface area contributed by atoms with Crippen LogP contribution in [-0.2, 0) is 4.79 Å². The summed E-state index contributed by atoms with van der Waals surface area (Å²) < 4.78 is 6.12. The standard InChI is InChI=1S/C31H31N5O2/c1-22-11-13-23(14-12-22)26-20-27(29-19-24-7-5-6-10-28(24)38-29)33-31(32-26)34-30(37)21-35-15-17-36(18-16-35)25-8-3-2-4-9-25/h2-14,19,26H,15-18,20-21H2,1H3,(H,32,34,37). The number of hydrogen-bond acceptors (Lipinski definition) is 6. The summed E-state index contributed by atoms with van der Waals surface area (Å²) in [6.45, 7) is 5.82. The molecule has 3 aromatic carbocycles. The van der Waals surface area contributed by atoms with Gasteiger partial charge in [0.05, 0.1) is 18.3 Å². The Morgan fingerprint density at radius 3 is 2.45 bits per heavy atom. The van der Waals surface area contributed by atoms with Gasteiger partial charge in [-0.2, -0.15) is 0 Å². The lowest BCUT2D eigenvalue weighted by atomic mass is 9.98. The maximum atomic E-state index is 13.1. The molecule has 4 aromatic rings. The Hall–Kier alpha value is -4.23. The molecule has 1 aromatic heterocycles. The molecule has 7 nitrogen and oxygen atoms in total. The summed E-state index contributed by atoms with van der Waals surface area (Å²) in [5.41, 5.74) is 5.11. The minimum absolute atomic E-state index is 0.103. The van der Waals surface area contributed by atoms with Crippen LogP contribution in [-0.4, -0.2) is 55.2 Å². The number of fused-ring (bicyclic) bond motifs is 1. The highest BCUT2D eigenvalue weighted by atomic mass is 16.3. The summed E-state index contributed by atoms with van der Waals surface area (Å²) in [4.78, 5) is 27.2. The van der Waals surface area contributed by atoms with Gasteiger partial charge in [-0.3, -0.25) is 15.0 Å². The topological polar surface area (TPSA) is 73.4 Å². The molecule has 7 heteroatoms. The van der Waals surface area contributed by atoms with Crippen molar-refractivity contribution in [2.24, 2.45) is 9.98 Å². The zero-order valence-electron chi connectivity index (χ0n) is 21.5. The average molecular weight is 506 g/mol. The van der Waals surface area contributed by atoms with Gasteiger partial charge >= 0.3 is 0 Å². The second kappa shape index (κ2) is 10.6. The Kier molecular flexibility index (Phi) is 6.75. The fraction of sp³-hybridized carbons (Fsp3) is 0.258. The number of nitrogens with one attached hydrogen (secondary N) is 1. The predicted molar refractivity (Wildman–Crippen MR) is 152 cm³/mol. The van der Waals surface area contributed by atoms with Gasteiger partial charge in [0.15, 0.2) is 0 Å². The SMILES string of the molecule is Cc1ccc(C2CC(c3cc4ccccc4o3)=NC(NC(=O)CN3CCN(c4ccccc4)CC3)=N2)cc1. The zero-order valence-corrected chi connectivity index (χ0v) is 21.5. The first-order valence-electron chi connectivity index (χ1n) is 13.1. The molecule has 1 amide bonds. The largest absolute Gasteiger partial charge is 0.455 e. The van der Waals surface area contributed by atoms with Crippen molar-refractivity contribution in [1.29, 1.82) is 0 Å². The van der Waals surface area contributed by atoms with E-state index in [1.807, 2.05) is 36.4 Å². The first kappa shape index (κ1) is 24.1. The highest BCUT2D eigenvalue weighted by Crippen LogP contribution is 2.29. The Labute approximate surface area is 222 Å². The van der Waals surface area contributed by atoms with E-state index in [0.717, 1.165) is 48.4 Å². The van der Waals surface area contributed by atoms with Crippen molar-refractivity contribution in [1.82, 2.24) is 10.2 Å². The number of anilines is 1. The third-order valence-corrected chi connectivity index (χ3v) is 7.19. The number of piperazine rings is 1. The van der Waals surface area contributed by atoms with Gasteiger partial charge in [-0.05, 0) is 36.8 Å². The molecule has 0 spiro atoms. The molecule has 0 bridgehead atoms. The first-order valence-corrected chi connectivity index (χ1v) is 13.1. The van der Waals surface area contributed by atoms with E-state index < -0.39 is 0 Å². The molecule has 0 saturated carbocycles. The maximum Gasteiger partial charge on any atom is 0.240 e. The number of hydrogen-bond donors (Lipinski definition) is 1. The van der Waals surface area contributed by atoms with Crippen LogP contribution in [0.15, 0.2) is 99.3 Å². The van der Waals surface area contributed by atoms with E-state index in [9.17, 15) is 4.79 Å². The second-order valence-electron chi connectivity index (χ2n) is 9.94. The number of aliphatic imine (C=N–C) groups is 2. The summed E-state index contributed by atoms with van der Waals surface area (Å²) in [6.07, 6.45) is 0.601. The maximum absolute atomic E-state index is 13.1. The van der Waals surface area contributed by atoms with Gasteiger partial charge in [-0.25, -0.2) is 9.98 Å². The molecule has 1 fully saturated rings. The second-order valence-corrected chi connectivity index (χ2v) is 9.94. The third-order valence-electron chi connectivity index (χ3n) is 7.19. The summed E-state index contributed by atoms with van der Waals surface area (Å²) in [5.74, 6) is 0.946. The third kappa shape index (κ3) is 5.38. The van der Waals surface area contributed by atoms with Crippen LogP contribution in [0.3, 0.4) is 0 Å². The molecule has 192 valence electrons. The Balaban J connectivity index is 1.17. The van der Waals surface area contributed by atoms with E-state index in [4.69, 9.17) is 14.4 Å². The molecular weight excluding hydrogens is 474 g/mol. The van der Waals surface area contributed by atoms with Crippen LogP contribution in [0.4, 0.5) is 5.69 Å². The van der Waals surface area contributed by atoms with Gasteiger partial charge in [-0.1, -0.05) is 66.2 Å². The molecule has 38 heavy (non-hydrogen) atoms. The summed E-state index contributed by atoms with van der Waals surface area (Å²) >= 11 is 0. The lowest BCUT2D eigenvalue weighted by molar-refractivity contribution is -0.120. The van der Waals surface area contributed by atoms with Crippen LogP contribution in [0.1, 0.15) is 29.3 Å². The summed E-state index contributed by atoms with van der Waals surface area (Å²) in [6, 6.07) is 28.6. The van der Waals surface area contributed by atoms with E-state index in [2.05, 4.69) is 70.6 Å². The zero-order chi connectivity index (χ0) is 25.9. The Morgan fingerprint density at radius 2 is 1.68 bits per heavy atom. The number of carbonyl (C=O) groups is 1. The molecule has 6 rings (SSSR count). The molecule has 2 aliphatic rings.